The maximum atomic E-state index is 6.65. The summed E-state index contributed by atoms with van der Waals surface area (Å²) in [5.74, 6) is 0. The lowest BCUT2D eigenvalue weighted by atomic mass is 10.2. The topological polar surface area (TPSA) is 22.2 Å². The summed E-state index contributed by atoms with van der Waals surface area (Å²) in [6.45, 7) is 9.04. The van der Waals surface area contributed by atoms with E-state index in [1.807, 2.05) is 6.92 Å². The summed E-state index contributed by atoms with van der Waals surface area (Å²) in [5, 5.41) is 4.79. The Labute approximate surface area is 76.8 Å². The number of aryl methyl sites for hydroxylation is 2. The molecule has 4 heteroatoms. The fraction of sp³-hybridized carbons (Fsp3) is 0.500. The molecule has 0 atom stereocenters. The van der Waals surface area contributed by atoms with Gasteiger partial charge in [0.05, 0.1) is 5.69 Å². The van der Waals surface area contributed by atoms with E-state index in [2.05, 4.69) is 9.94 Å². The lowest BCUT2D eigenvalue weighted by Crippen LogP contribution is -1.90. The zero-order valence-electron chi connectivity index (χ0n) is 7.13. The zero-order valence-corrected chi connectivity index (χ0v) is 7.89. The highest BCUT2D eigenvalue weighted by Crippen LogP contribution is 2.18. The molecule has 0 aliphatic heterocycles. The van der Waals surface area contributed by atoms with Gasteiger partial charge < -0.3 is 4.85 Å². The first kappa shape index (κ1) is 9.08. The fourth-order valence-electron chi connectivity index (χ4n) is 1.13. The Balaban J connectivity index is 2.91. The van der Waals surface area contributed by atoms with Crippen LogP contribution in [0.15, 0.2) is 0 Å². The first-order chi connectivity index (χ1) is 5.66. The lowest BCUT2D eigenvalue weighted by molar-refractivity contribution is 0.757. The predicted molar refractivity (Wildman–Crippen MR) is 48.1 cm³/mol. The van der Waals surface area contributed by atoms with Crippen LogP contribution < -0.4 is 0 Å². The highest BCUT2D eigenvalue weighted by atomic mass is 35.5. The zero-order chi connectivity index (χ0) is 9.14. The molecule has 12 heavy (non-hydrogen) atoms. The Kier molecular flexibility index (Phi) is 2.72. The minimum Gasteiger partial charge on any atom is -0.317 e. The predicted octanol–water partition coefficient (Wildman–Crippen LogP) is 1.84. The SMILES string of the molecule is [C-]#[N+]CCc1c(C)nn(C)c1Cl. The van der Waals surface area contributed by atoms with Crippen LogP contribution >= 0.6 is 11.6 Å². The molecular formula is C8H10ClN3. The molecule has 64 valence electrons. The van der Waals surface area contributed by atoms with Gasteiger partial charge in [-0.1, -0.05) is 11.6 Å². The van der Waals surface area contributed by atoms with Crippen LogP contribution in [0.2, 0.25) is 5.15 Å². The summed E-state index contributed by atoms with van der Waals surface area (Å²) in [4.78, 5) is 3.28. The molecule has 0 N–H and O–H groups in total. The smallest absolute Gasteiger partial charge is 0.218 e. The first-order valence-corrected chi connectivity index (χ1v) is 4.05. The standard InChI is InChI=1S/C8H10ClN3/c1-6-7(4-5-10-2)8(9)12(3)11-6/h4-5H2,1,3H3. The van der Waals surface area contributed by atoms with Gasteiger partial charge in [-0.2, -0.15) is 5.10 Å². The largest absolute Gasteiger partial charge is 0.317 e. The molecule has 0 aromatic carbocycles. The number of rotatable bonds is 2. The van der Waals surface area contributed by atoms with Crippen molar-refractivity contribution >= 4 is 11.6 Å². The molecule has 0 aliphatic carbocycles. The van der Waals surface area contributed by atoms with Crippen LogP contribution in [-0.4, -0.2) is 16.3 Å². The Morgan fingerprint density at radius 2 is 2.33 bits per heavy atom. The second-order valence-corrected chi connectivity index (χ2v) is 2.97. The van der Waals surface area contributed by atoms with Crippen molar-refractivity contribution in [2.45, 2.75) is 13.3 Å². The normalized spacial score (nSPS) is 9.83. The van der Waals surface area contributed by atoms with Crippen molar-refractivity contribution in [3.05, 3.63) is 27.8 Å². The van der Waals surface area contributed by atoms with Gasteiger partial charge in [0.25, 0.3) is 0 Å². The molecule has 1 heterocycles. The Bertz CT molecular complexity index is 322. The van der Waals surface area contributed by atoms with Gasteiger partial charge in [-0.15, -0.1) is 0 Å². The summed E-state index contributed by atoms with van der Waals surface area (Å²) in [5.41, 5.74) is 1.92. The van der Waals surface area contributed by atoms with Crippen molar-refractivity contribution in [2.24, 2.45) is 7.05 Å². The highest BCUT2D eigenvalue weighted by Gasteiger charge is 2.10. The van der Waals surface area contributed by atoms with Crippen LogP contribution in [0.3, 0.4) is 0 Å². The van der Waals surface area contributed by atoms with E-state index in [0.29, 0.717) is 18.1 Å². The maximum absolute atomic E-state index is 6.65. The molecule has 3 nitrogen and oxygen atoms in total. The second kappa shape index (κ2) is 3.59. The molecule has 0 aliphatic rings. The van der Waals surface area contributed by atoms with Crippen molar-refractivity contribution in [3.63, 3.8) is 0 Å². The summed E-state index contributed by atoms with van der Waals surface area (Å²) < 4.78 is 1.64. The van der Waals surface area contributed by atoms with Gasteiger partial charge in [-0.05, 0) is 6.92 Å². The molecule has 1 rings (SSSR count). The molecule has 0 saturated heterocycles. The average Bonchev–Trinajstić information content (AvgIpc) is 2.25. The van der Waals surface area contributed by atoms with Gasteiger partial charge in [0.2, 0.25) is 6.54 Å². The molecule has 0 fully saturated rings. The van der Waals surface area contributed by atoms with Gasteiger partial charge in [0.1, 0.15) is 5.15 Å². The van der Waals surface area contributed by atoms with E-state index in [1.165, 1.54) is 0 Å². The van der Waals surface area contributed by atoms with E-state index >= 15 is 0 Å². The first-order valence-electron chi connectivity index (χ1n) is 3.68. The van der Waals surface area contributed by atoms with Gasteiger partial charge >= 0.3 is 0 Å². The third-order valence-electron chi connectivity index (χ3n) is 1.74. The third-order valence-corrected chi connectivity index (χ3v) is 2.22. The van der Waals surface area contributed by atoms with E-state index < -0.39 is 0 Å². The van der Waals surface area contributed by atoms with Gasteiger partial charge in [0, 0.05) is 19.0 Å². The van der Waals surface area contributed by atoms with Crippen molar-refractivity contribution in [3.8, 4) is 0 Å². The van der Waals surface area contributed by atoms with Gasteiger partial charge in [-0.25, -0.2) is 6.57 Å². The molecule has 1 aromatic heterocycles. The van der Waals surface area contributed by atoms with E-state index in [4.69, 9.17) is 18.2 Å². The van der Waals surface area contributed by atoms with Crippen LogP contribution in [0.1, 0.15) is 11.3 Å². The average molecular weight is 184 g/mol. The monoisotopic (exact) mass is 183 g/mol. The molecule has 0 spiro atoms. The van der Waals surface area contributed by atoms with Crippen LogP contribution in [0.25, 0.3) is 4.85 Å². The van der Waals surface area contributed by atoms with Crippen molar-refractivity contribution < 1.29 is 0 Å². The fourth-order valence-corrected chi connectivity index (χ4v) is 1.39. The maximum Gasteiger partial charge on any atom is 0.218 e. The van der Waals surface area contributed by atoms with Gasteiger partial charge in [0.15, 0.2) is 0 Å². The minimum absolute atomic E-state index is 0.478. The summed E-state index contributed by atoms with van der Waals surface area (Å²) in [7, 11) is 1.80. The van der Waals surface area contributed by atoms with Crippen molar-refractivity contribution in [1.29, 1.82) is 0 Å². The molecule has 0 radical (unpaired) electrons. The second-order valence-electron chi connectivity index (χ2n) is 2.61. The quantitative estimate of drug-likeness (QED) is 0.642. The molecule has 0 saturated carbocycles. The third kappa shape index (κ3) is 1.59. The lowest BCUT2D eigenvalue weighted by Gasteiger charge is -1.93. The van der Waals surface area contributed by atoms with Crippen molar-refractivity contribution in [1.82, 2.24) is 9.78 Å². The summed E-state index contributed by atoms with van der Waals surface area (Å²) >= 11 is 5.95. The van der Waals surface area contributed by atoms with Crippen LogP contribution in [-0.2, 0) is 13.5 Å². The summed E-state index contributed by atoms with van der Waals surface area (Å²) in [6, 6.07) is 0. The Hall–Kier alpha value is -1.01. The minimum atomic E-state index is 0.478. The van der Waals surface area contributed by atoms with E-state index in [1.54, 1.807) is 11.7 Å². The number of halogens is 1. The molecule has 0 amide bonds. The highest BCUT2D eigenvalue weighted by molar-refractivity contribution is 6.30. The molecular weight excluding hydrogens is 174 g/mol. The number of aromatic nitrogens is 2. The number of nitrogens with zero attached hydrogens (tertiary/aromatic N) is 3. The molecule has 0 unspecified atom stereocenters. The number of hydrogen-bond acceptors (Lipinski definition) is 1. The van der Waals surface area contributed by atoms with E-state index in [9.17, 15) is 0 Å². The van der Waals surface area contributed by atoms with Crippen molar-refractivity contribution in [2.75, 3.05) is 6.54 Å². The van der Waals surface area contributed by atoms with Crippen LogP contribution in [0.4, 0.5) is 0 Å². The summed E-state index contributed by atoms with van der Waals surface area (Å²) in [6.07, 6.45) is 0.696. The van der Waals surface area contributed by atoms with Gasteiger partial charge in [-0.3, -0.25) is 4.68 Å². The number of hydrogen-bond donors (Lipinski definition) is 0. The Morgan fingerprint density at radius 3 is 2.75 bits per heavy atom. The van der Waals surface area contributed by atoms with Crippen LogP contribution in [0, 0.1) is 13.5 Å². The van der Waals surface area contributed by atoms with Crippen LogP contribution in [0.5, 0.6) is 0 Å². The molecule has 1 aromatic rings. The molecule has 0 bridgehead atoms. The van der Waals surface area contributed by atoms with E-state index in [0.717, 1.165) is 11.3 Å². The van der Waals surface area contributed by atoms with E-state index in [-0.39, 0.29) is 0 Å². The Morgan fingerprint density at radius 1 is 1.67 bits per heavy atom.